The van der Waals surface area contributed by atoms with Gasteiger partial charge in [0.25, 0.3) is 0 Å². The standard InChI is InChI=1S/C12H20F3N3O2/c1-2-18(7-10(16)17-20)11(19)8-5-3-4-6-9(8)12(13,14)15/h8-9,20H,2-7H2,1H3,(H2,16,17). The molecule has 8 heteroatoms. The van der Waals surface area contributed by atoms with E-state index in [0.29, 0.717) is 12.8 Å². The molecule has 0 aromatic rings. The number of amides is 1. The lowest BCUT2D eigenvalue weighted by Gasteiger charge is -2.35. The highest BCUT2D eigenvalue weighted by Crippen LogP contribution is 2.42. The summed E-state index contributed by atoms with van der Waals surface area (Å²) in [4.78, 5) is 13.5. The van der Waals surface area contributed by atoms with Crippen LogP contribution in [0.1, 0.15) is 32.6 Å². The molecule has 0 heterocycles. The van der Waals surface area contributed by atoms with Gasteiger partial charge in [0.2, 0.25) is 5.91 Å². The van der Waals surface area contributed by atoms with Crippen LogP contribution >= 0.6 is 0 Å². The van der Waals surface area contributed by atoms with E-state index in [1.54, 1.807) is 6.92 Å². The number of alkyl halides is 3. The molecule has 2 unspecified atom stereocenters. The van der Waals surface area contributed by atoms with E-state index in [9.17, 15) is 18.0 Å². The molecule has 2 atom stereocenters. The van der Waals surface area contributed by atoms with Gasteiger partial charge in [-0.05, 0) is 19.8 Å². The second-order valence-corrected chi connectivity index (χ2v) is 4.98. The number of rotatable bonds is 4. The fourth-order valence-corrected chi connectivity index (χ4v) is 2.63. The zero-order chi connectivity index (χ0) is 15.3. The zero-order valence-electron chi connectivity index (χ0n) is 11.4. The maximum Gasteiger partial charge on any atom is 0.392 e. The second-order valence-electron chi connectivity index (χ2n) is 4.98. The van der Waals surface area contributed by atoms with Crippen LogP contribution in [-0.4, -0.2) is 41.1 Å². The highest BCUT2D eigenvalue weighted by Gasteiger charge is 2.48. The van der Waals surface area contributed by atoms with Crippen LogP contribution in [0.15, 0.2) is 5.16 Å². The quantitative estimate of drug-likeness (QED) is 0.360. The highest BCUT2D eigenvalue weighted by atomic mass is 19.4. The number of halogens is 3. The first kappa shape index (κ1) is 16.6. The van der Waals surface area contributed by atoms with Gasteiger partial charge >= 0.3 is 6.18 Å². The largest absolute Gasteiger partial charge is 0.409 e. The molecule has 0 saturated heterocycles. The van der Waals surface area contributed by atoms with Gasteiger partial charge in [0.1, 0.15) is 0 Å². The average Bonchev–Trinajstić information content (AvgIpc) is 2.42. The first-order valence-corrected chi connectivity index (χ1v) is 6.63. The van der Waals surface area contributed by atoms with Crippen molar-refractivity contribution in [1.29, 1.82) is 0 Å². The molecule has 1 amide bonds. The Hall–Kier alpha value is -1.47. The van der Waals surface area contributed by atoms with Gasteiger partial charge in [0.05, 0.1) is 12.5 Å². The van der Waals surface area contributed by atoms with E-state index in [1.165, 1.54) is 4.90 Å². The first-order chi connectivity index (χ1) is 9.31. The average molecular weight is 295 g/mol. The lowest BCUT2D eigenvalue weighted by Crippen LogP contribution is -2.47. The van der Waals surface area contributed by atoms with E-state index in [4.69, 9.17) is 10.9 Å². The number of nitrogens with zero attached hydrogens (tertiary/aromatic N) is 2. The van der Waals surface area contributed by atoms with Gasteiger partial charge in [-0.3, -0.25) is 4.79 Å². The molecule has 0 aromatic carbocycles. The Kier molecular flexibility index (Phi) is 5.64. The summed E-state index contributed by atoms with van der Waals surface area (Å²) in [5, 5.41) is 11.2. The predicted molar refractivity (Wildman–Crippen MR) is 67.2 cm³/mol. The maximum absolute atomic E-state index is 13.0. The lowest BCUT2D eigenvalue weighted by atomic mass is 9.78. The van der Waals surface area contributed by atoms with Gasteiger partial charge in [-0.25, -0.2) is 0 Å². The molecular formula is C12H20F3N3O2. The van der Waals surface area contributed by atoms with Crippen molar-refractivity contribution in [1.82, 2.24) is 4.90 Å². The van der Waals surface area contributed by atoms with Crippen LogP contribution in [0.25, 0.3) is 0 Å². The van der Waals surface area contributed by atoms with Crippen molar-refractivity contribution < 1.29 is 23.2 Å². The number of carbonyl (C=O) groups excluding carboxylic acids is 1. The molecule has 1 aliphatic carbocycles. The van der Waals surface area contributed by atoms with Gasteiger partial charge in [-0.2, -0.15) is 13.2 Å². The summed E-state index contributed by atoms with van der Waals surface area (Å²) < 4.78 is 39.0. The van der Waals surface area contributed by atoms with Crippen molar-refractivity contribution in [2.45, 2.75) is 38.8 Å². The van der Waals surface area contributed by atoms with Crippen molar-refractivity contribution in [3.05, 3.63) is 0 Å². The van der Waals surface area contributed by atoms with Crippen molar-refractivity contribution in [2.75, 3.05) is 13.1 Å². The number of likely N-dealkylation sites (N-methyl/N-ethyl adjacent to an activating group) is 1. The Morgan fingerprint density at radius 1 is 1.40 bits per heavy atom. The molecule has 1 aliphatic rings. The minimum absolute atomic E-state index is 0.0129. The molecular weight excluding hydrogens is 275 g/mol. The molecule has 0 radical (unpaired) electrons. The normalized spacial score (nSPS) is 24.5. The fourth-order valence-electron chi connectivity index (χ4n) is 2.63. The third kappa shape index (κ3) is 4.01. The molecule has 0 bridgehead atoms. The van der Waals surface area contributed by atoms with Crippen LogP contribution in [0.2, 0.25) is 0 Å². The summed E-state index contributed by atoms with van der Waals surface area (Å²) in [6.45, 7) is 1.71. The fraction of sp³-hybridized carbons (Fsp3) is 0.833. The molecule has 0 aromatic heterocycles. The summed E-state index contributed by atoms with van der Waals surface area (Å²) in [5.74, 6) is -3.42. The Morgan fingerprint density at radius 2 is 2.00 bits per heavy atom. The molecule has 0 spiro atoms. The third-order valence-electron chi connectivity index (χ3n) is 3.68. The smallest absolute Gasteiger partial charge is 0.392 e. The van der Waals surface area contributed by atoms with Gasteiger partial charge in [-0.1, -0.05) is 18.0 Å². The molecule has 5 nitrogen and oxygen atoms in total. The molecule has 116 valence electrons. The third-order valence-corrected chi connectivity index (χ3v) is 3.68. The monoisotopic (exact) mass is 295 g/mol. The highest BCUT2D eigenvalue weighted by molar-refractivity contribution is 5.87. The number of oxime groups is 1. The molecule has 0 aliphatic heterocycles. The van der Waals surface area contributed by atoms with Crippen LogP contribution < -0.4 is 5.73 Å². The molecule has 1 rings (SSSR count). The summed E-state index contributed by atoms with van der Waals surface area (Å²) in [5.41, 5.74) is 5.32. The Morgan fingerprint density at radius 3 is 2.50 bits per heavy atom. The Labute approximate surface area is 115 Å². The Balaban J connectivity index is 2.85. The van der Waals surface area contributed by atoms with E-state index < -0.39 is 23.9 Å². The lowest BCUT2D eigenvalue weighted by molar-refractivity contribution is -0.200. The van der Waals surface area contributed by atoms with Crippen molar-refractivity contribution >= 4 is 11.7 Å². The molecule has 3 N–H and O–H groups in total. The number of hydrogen-bond acceptors (Lipinski definition) is 3. The van der Waals surface area contributed by atoms with E-state index in [0.717, 1.165) is 0 Å². The van der Waals surface area contributed by atoms with Crippen molar-refractivity contribution in [3.8, 4) is 0 Å². The SMILES string of the molecule is CCN(CC(N)=NO)C(=O)C1CCCCC1C(F)(F)F. The molecule has 1 saturated carbocycles. The number of hydrogen-bond donors (Lipinski definition) is 2. The van der Waals surface area contributed by atoms with Crippen LogP contribution in [0.5, 0.6) is 0 Å². The van der Waals surface area contributed by atoms with E-state index in [-0.39, 0.29) is 31.8 Å². The maximum atomic E-state index is 13.0. The zero-order valence-corrected chi connectivity index (χ0v) is 11.4. The second kappa shape index (κ2) is 6.81. The van der Waals surface area contributed by atoms with Crippen LogP contribution in [0, 0.1) is 11.8 Å². The number of nitrogens with two attached hydrogens (primary N) is 1. The van der Waals surface area contributed by atoms with Crippen molar-refractivity contribution in [2.24, 2.45) is 22.7 Å². The topological polar surface area (TPSA) is 78.9 Å². The van der Waals surface area contributed by atoms with E-state index in [2.05, 4.69) is 5.16 Å². The van der Waals surface area contributed by atoms with Gasteiger partial charge in [-0.15, -0.1) is 0 Å². The van der Waals surface area contributed by atoms with Gasteiger partial charge in [0, 0.05) is 12.5 Å². The summed E-state index contributed by atoms with van der Waals surface area (Å²) >= 11 is 0. The minimum atomic E-state index is -4.36. The van der Waals surface area contributed by atoms with Crippen molar-refractivity contribution in [3.63, 3.8) is 0 Å². The summed E-state index contributed by atoms with van der Waals surface area (Å²) in [7, 11) is 0. The number of amidine groups is 1. The minimum Gasteiger partial charge on any atom is -0.409 e. The van der Waals surface area contributed by atoms with E-state index in [1.807, 2.05) is 0 Å². The first-order valence-electron chi connectivity index (χ1n) is 6.63. The van der Waals surface area contributed by atoms with Gasteiger partial charge < -0.3 is 15.8 Å². The summed E-state index contributed by atoms with van der Waals surface area (Å²) in [6.07, 6.45) is -3.04. The van der Waals surface area contributed by atoms with E-state index >= 15 is 0 Å². The Bertz CT molecular complexity index is 371. The predicted octanol–water partition coefficient (Wildman–Crippen LogP) is 1.95. The summed E-state index contributed by atoms with van der Waals surface area (Å²) in [6, 6.07) is 0. The van der Waals surface area contributed by atoms with Crippen LogP contribution in [0.3, 0.4) is 0 Å². The van der Waals surface area contributed by atoms with Crippen LogP contribution in [-0.2, 0) is 4.79 Å². The molecule has 1 fully saturated rings. The molecule has 20 heavy (non-hydrogen) atoms. The van der Waals surface area contributed by atoms with Crippen LogP contribution in [0.4, 0.5) is 13.2 Å². The number of carbonyl (C=O) groups is 1. The van der Waals surface area contributed by atoms with Gasteiger partial charge in [0.15, 0.2) is 5.84 Å².